The molecule has 0 aliphatic carbocycles. The molecule has 1 fully saturated rings. The summed E-state index contributed by atoms with van der Waals surface area (Å²) < 4.78 is 13.3. The Morgan fingerprint density at radius 1 is 1.30 bits per heavy atom. The van der Waals surface area contributed by atoms with Gasteiger partial charge in [0.25, 0.3) is 0 Å². The standard InChI is InChI=1S/C17H16FN3O2/c18-13-2-1-3-14(10-13)21-9-6-15(17(21)23)16(22)20-11-12-4-7-19-8-5-12/h1-5,7-8,10,15H,6,9,11H2,(H,20,22)/t15-/m0/s1. The van der Waals surface area contributed by atoms with Crippen molar-refractivity contribution in [3.8, 4) is 0 Å². The van der Waals surface area contributed by atoms with Crippen molar-refractivity contribution in [1.29, 1.82) is 0 Å². The van der Waals surface area contributed by atoms with E-state index in [4.69, 9.17) is 0 Å². The fraction of sp³-hybridized carbons (Fsp3) is 0.235. The van der Waals surface area contributed by atoms with Gasteiger partial charge < -0.3 is 10.2 Å². The third-order valence-electron chi connectivity index (χ3n) is 3.86. The van der Waals surface area contributed by atoms with Crippen LogP contribution >= 0.6 is 0 Å². The lowest BCUT2D eigenvalue weighted by molar-refractivity contribution is -0.132. The van der Waals surface area contributed by atoms with E-state index in [9.17, 15) is 14.0 Å². The monoisotopic (exact) mass is 313 g/mol. The molecule has 0 spiro atoms. The smallest absolute Gasteiger partial charge is 0.239 e. The highest BCUT2D eigenvalue weighted by molar-refractivity contribution is 6.09. The number of halogens is 1. The van der Waals surface area contributed by atoms with E-state index in [0.29, 0.717) is 25.2 Å². The molecule has 0 saturated carbocycles. The number of hydrogen-bond acceptors (Lipinski definition) is 3. The van der Waals surface area contributed by atoms with Gasteiger partial charge in [-0.2, -0.15) is 0 Å². The summed E-state index contributed by atoms with van der Waals surface area (Å²) in [5, 5.41) is 2.77. The molecule has 5 nitrogen and oxygen atoms in total. The van der Waals surface area contributed by atoms with Crippen LogP contribution in [-0.2, 0) is 16.1 Å². The summed E-state index contributed by atoms with van der Waals surface area (Å²) in [6.45, 7) is 0.765. The Hall–Kier alpha value is -2.76. The largest absolute Gasteiger partial charge is 0.351 e. The highest BCUT2D eigenvalue weighted by Gasteiger charge is 2.37. The van der Waals surface area contributed by atoms with Crippen molar-refractivity contribution in [2.24, 2.45) is 5.92 Å². The van der Waals surface area contributed by atoms with E-state index in [1.165, 1.54) is 17.0 Å². The van der Waals surface area contributed by atoms with E-state index in [1.807, 2.05) is 0 Å². The number of hydrogen-bond donors (Lipinski definition) is 1. The molecule has 0 bridgehead atoms. The summed E-state index contributed by atoms with van der Waals surface area (Å²) >= 11 is 0. The van der Waals surface area contributed by atoms with E-state index in [0.717, 1.165) is 5.56 Å². The SMILES string of the molecule is O=C(NCc1ccncc1)[C@@H]1CCN(c2cccc(F)c2)C1=O. The van der Waals surface area contributed by atoms with Gasteiger partial charge in [0, 0.05) is 31.2 Å². The van der Waals surface area contributed by atoms with Crippen LogP contribution in [0.1, 0.15) is 12.0 Å². The molecular formula is C17H16FN3O2. The zero-order chi connectivity index (χ0) is 16.2. The number of pyridine rings is 1. The second-order valence-electron chi connectivity index (χ2n) is 5.38. The molecule has 1 aromatic heterocycles. The molecule has 1 aliphatic rings. The van der Waals surface area contributed by atoms with Crippen LogP contribution < -0.4 is 10.2 Å². The molecular weight excluding hydrogens is 297 g/mol. The first-order valence-electron chi connectivity index (χ1n) is 7.39. The molecule has 2 aromatic rings. The van der Waals surface area contributed by atoms with Gasteiger partial charge in [-0.15, -0.1) is 0 Å². The maximum absolute atomic E-state index is 13.3. The van der Waals surface area contributed by atoms with Crippen molar-refractivity contribution in [1.82, 2.24) is 10.3 Å². The van der Waals surface area contributed by atoms with Crippen LogP contribution in [-0.4, -0.2) is 23.3 Å². The predicted octanol–water partition coefficient (Wildman–Crippen LogP) is 1.89. The van der Waals surface area contributed by atoms with Crippen LogP contribution in [0, 0.1) is 11.7 Å². The third-order valence-corrected chi connectivity index (χ3v) is 3.86. The number of aromatic nitrogens is 1. The van der Waals surface area contributed by atoms with Crippen molar-refractivity contribution in [2.45, 2.75) is 13.0 Å². The minimum Gasteiger partial charge on any atom is -0.351 e. The minimum atomic E-state index is -0.722. The van der Waals surface area contributed by atoms with Crippen molar-refractivity contribution in [3.63, 3.8) is 0 Å². The number of carbonyl (C=O) groups is 2. The molecule has 0 radical (unpaired) electrons. The Morgan fingerprint density at radius 3 is 2.83 bits per heavy atom. The summed E-state index contributed by atoms with van der Waals surface area (Å²) in [6, 6.07) is 9.44. The van der Waals surface area contributed by atoms with Crippen molar-refractivity contribution < 1.29 is 14.0 Å². The summed E-state index contributed by atoms with van der Waals surface area (Å²) in [4.78, 5) is 30.0. The van der Waals surface area contributed by atoms with Gasteiger partial charge in [0.15, 0.2) is 0 Å². The van der Waals surface area contributed by atoms with Crippen LogP contribution in [0.3, 0.4) is 0 Å². The molecule has 118 valence electrons. The zero-order valence-corrected chi connectivity index (χ0v) is 12.4. The third kappa shape index (κ3) is 3.36. The van der Waals surface area contributed by atoms with Crippen LogP contribution in [0.2, 0.25) is 0 Å². The summed E-state index contributed by atoms with van der Waals surface area (Å²) in [5.41, 5.74) is 1.40. The lowest BCUT2D eigenvalue weighted by Gasteiger charge is -2.16. The first kappa shape index (κ1) is 15.1. The summed E-state index contributed by atoms with van der Waals surface area (Å²) in [5.74, 6) is -1.71. The fourth-order valence-electron chi connectivity index (χ4n) is 2.64. The number of benzene rings is 1. The number of anilines is 1. The van der Waals surface area contributed by atoms with Gasteiger partial charge >= 0.3 is 0 Å². The Morgan fingerprint density at radius 2 is 2.09 bits per heavy atom. The quantitative estimate of drug-likeness (QED) is 0.877. The lowest BCUT2D eigenvalue weighted by Crippen LogP contribution is -2.36. The first-order chi connectivity index (χ1) is 11.1. The molecule has 1 N–H and O–H groups in total. The molecule has 0 unspecified atom stereocenters. The highest BCUT2D eigenvalue weighted by Crippen LogP contribution is 2.25. The molecule has 2 heterocycles. The highest BCUT2D eigenvalue weighted by atomic mass is 19.1. The van der Waals surface area contributed by atoms with Gasteiger partial charge in [0.2, 0.25) is 11.8 Å². The summed E-state index contributed by atoms with van der Waals surface area (Å²) in [6.07, 6.45) is 3.72. The lowest BCUT2D eigenvalue weighted by atomic mass is 10.1. The predicted molar refractivity (Wildman–Crippen MR) is 82.9 cm³/mol. The van der Waals surface area contributed by atoms with E-state index < -0.39 is 11.7 Å². The minimum absolute atomic E-state index is 0.289. The van der Waals surface area contributed by atoms with Gasteiger partial charge in [-0.25, -0.2) is 4.39 Å². The molecule has 1 aliphatic heterocycles. The van der Waals surface area contributed by atoms with E-state index in [1.54, 1.807) is 36.7 Å². The van der Waals surface area contributed by atoms with Crippen LogP contribution in [0.15, 0.2) is 48.8 Å². The van der Waals surface area contributed by atoms with Crippen LogP contribution in [0.25, 0.3) is 0 Å². The molecule has 1 saturated heterocycles. The topological polar surface area (TPSA) is 62.3 Å². The van der Waals surface area contributed by atoms with Gasteiger partial charge in [-0.1, -0.05) is 6.07 Å². The van der Waals surface area contributed by atoms with Crippen LogP contribution in [0.4, 0.5) is 10.1 Å². The van der Waals surface area contributed by atoms with Crippen LogP contribution in [0.5, 0.6) is 0 Å². The first-order valence-corrected chi connectivity index (χ1v) is 7.39. The van der Waals surface area contributed by atoms with Gasteiger partial charge in [-0.05, 0) is 42.3 Å². The Bertz CT molecular complexity index is 721. The molecule has 1 atom stereocenters. The maximum atomic E-state index is 13.3. The fourth-order valence-corrected chi connectivity index (χ4v) is 2.64. The number of amides is 2. The van der Waals surface area contributed by atoms with Crippen molar-refractivity contribution >= 4 is 17.5 Å². The molecule has 3 rings (SSSR count). The second kappa shape index (κ2) is 6.56. The van der Waals surface area contributed by atoms with Crippen molar-refractivity contribution in [3.05, 3.63) is 60.2 Å². The van der Waals surface area contributed by atoms with Crippen molar-refractivity contribution in [2.75, 3.05) is 11.4 Å². The Kier molecular flexibility index (Phi) is 4.32. The number of nitrogens with zero attached hydrogens (tertiary/aromatic N) is 2. The van der Waals surface area contributed by atoms with E-state index in [-0.39, 0.29) is 11.8 Å². The number of rotatable bonds is 4. The molecule has 2 amide bonds. The number of carbonyl (C=O) groups excluding carboxylic acids is 2. The van der Waals surface area contributed by atoms with Gasteiger partial charge in [0.05, 0.1) is 0 Å². The maximum Gasteiger partial charge on any atom is 0.239 e. The normalized spacial score (nSPS) is 17.3. The average molecular weight is 313 g/mol. The zero-order valence-electron chi connectivity index (χ0n) is 12.4. The number of nitrogens with one attached hydrogen (secondary N) is 1. The van der Waals surface area contributed by atoms with Gasteiger partial charge in [-0.3, -0.25) is 14.6 Å². The molecule has 23 heavy (non-hydrogen) atoms. The molecule has 1 aromatic carbocycles. The summed E-state index contributed by atoms with van der Waals surface area (Å²) in [7, 11) is 0. The molecule has 6 heteroatoms. The Balaban J connectivity index is 1.63. The second-order valence-corrected chi connectivity index (χ2v) is 5.38. The van der Waals surface area contributed by atoms with Gasteiger partial charge in [0.1, 0.15) is 11.7 Å². The average Bonchev–Trinajstić information content (AvgIpc) is 2.95. The van der Waals surface area contributed by atoms with E-state index in [2.05, 4.69) is 10.3 Å². The van der Waals surface area contributed by atoms with E-state index >= 15 is 0 Å². The Labute approximate surface area is 133 Å².